The second-order valence-corrected chi connectivity index (χ2v) is 8.47. The van der Waals surface area contributed by atoms with Crippen LogP contribution in [0.25, 0.3) is 10.8 Å². The molecular weight excluding hydrogens is 400 g/mol. The van der Waals surface area contributed by atoms with Crippen LogP contribution in [0.4, 0.5) is 0 Å². The monoisotopic (exact) mass is 430 g/mol. The molecule has 1 N–H and O–H groups in total. The smallest absolute Gasteiger partial charge is 0.254 e. The summed E-state index contributed by atoms with van der Waals surface area (Å²) in [5, 5.41) is 5.08. The molecular formula is C27H30N2O3. The van der Waals surface area contributed by atoms with E-state index in [9.17, 15) is 9.59 Å². The molecule has 1 unspecified atom stereocenters. The molecule has 1 atom stereocenters. The number of aryl methyl sites for hydroxylation is 1. The van der Waals surface area contributed by atoms with Crippen LogP contribution in [0.1, 0.15) is 34.3 Å². The number of hydrogen-bond donors (Lipinski definition) is 1. The number of carbonyl (C=O) groups excluding carboxylic acids is 2. The Labute approximate surface area is 189 Å². The highest BCUT2D eigenvalue weighted by molar-refractivity contribution is 6.07. The molecule has 1 aliphatic heterocycles. The normalized spacial score (nSPS) is 16.1. The van der Waals surface area contributed by atoms with E-state index in [2.05, 4.69) is 11.4 Å². The van der Waals surface area contributed by atoms with Crippen LogP contribution in [0, 0.1) is 12.8 Å². The number of hydrogen-bond acceptors (Lipinski definition) is 3. The minimum Gasteiger partial charge on any atom is -0.496 e. The molecule has 3 aromatic rings. The summed E-state index contributed by atoms with van der Waals surface area (Å²) in [6.07, 6.45) is 2.35. The van der Waals surface area contributed by atoms with Gasteiger partial charge in [-0.25, -0.2) is 0 Å². The zero-order chi connectivity index (χ0) is 22.5. The molecule has 5 nitrogen and oxygen atoms in total. The first-order chi connectivity index (χ1) is 15.6. The SMILES string of the molecule is COc1ccc(C)cc1CCNC(=O)C1CCCN(C(=O)c2cccc3ccccc23)C1. The number of amides is 2. The van der Waals surface area contributed by atoms with E-state index in [0.717, 1.165) is 34.9 Å². The summed E-state index contributed by atoms with van der Waals surface area (Å²) in [4.78, 5) is 27.9. The number of carbonyl (C=O) groups is 2. The van der Waals surface area contributed by atoms with Gasteiger partial charge in [-0.05, 0) is 54.7 Å². The number of ether oxygens (including phenoxy) is 1. The second kappa shape index (κ2) is 9.86. The van der Waals surface area contributed by atoms with Crippen molar-refractivity contribution in [3.63, 3.8) is 0 Å². The highest BCUT2D eigenvalue weighted by Crippen LogP contribution is 2.24. The molecule has 32 heavy (non-hydrogen) atoms. The minimum absolute atomic E-state index is 0.00352. The van der Waals surface area contributed by atoms with Crippen molar-refractivity contribution in [1.82, 2.24) is 10.2 Å². The summed E-state index contributed by atoms with van der Waals surface area (Å²) >= 11 is 0. The number of rotatable bonds is 6. The average Bonchev–Trinajstić information content (AvgIpc) is 2.83. The van der Waals surface area contributed by atoms with E-state index >= 15 is 0 Å². The molecule has 166 valence electrons. The molecule has 0 aliphatic carbocycles. The van der Waals surface area contributed by atoms with Gasteiger partial charge in [-0.2, -0.15) is 0 Å². The highest BCUT2D eigenvalue weighted by atomic mass is 16.5. The molecule has 0 bridgehead atoms. The van der Waals surface area contributed by atoms with Gasteiger partial charge in [-0.1, -0.05) is 54.1 Å². The maximum atomic E-state index is 13.3. The Balaban J connectivity index is 1.38. The fourth-order valence-corrected chi connectivity index (χ4v) is 4.53. The quantitative estimate of drug-likeness (QED) is 0.632. The van der Waals surface area contributed by atoms with Crippen molar-refractivity contribution in [2.45, 2.75) is 26.2 Å². The van der Waals surface area contributed by atoms with Gasteiger partial charge in [-0.3, -0.25) is 9.59 Å². The number of piperidine rings is 1. The summed E-state index contributed by atoms with van der Waals surface area (Å²) in [7, 11) is 1.66. The van der Waals surface area contributed by atoms with Gasteiger partial charge in [0.05, 0.1) is 13.0 Å². The summed E-state index contributed by atoms with van der Waals surface area (Å²) in [6, 6.07) is 19.8. The highest BCUT2D eigenvalue weighted by Gasteiger charge is 2.29. The zero-order valence-corrected chi connectivity index (χ0v) is 18.8. The van der Waals surface area contributed by atoms with Crippen molar-refractivity contribution in [3.8, 4) is 5.75 Å². The lowest BCUT2D eigenvalue weighted by Crippen LogP contribution is -2.45. The Morgan fingerprint density at radius 2 is 1.91 bits per heavy atom. The third kappa shape index (κ3) is 4.77. The molecule has 0 radical (unpaired) electrons. The number of methoxy groups -OCH3 is 1. The van der Waals surface area contributed by atoms with Crippen LogP contribution in [0.15, 0.2) is 60.7 Å². The number of nitrogens with one attached hydrogen (secondary N) is 1. The van der Waals surface area contributed by atoms with E-state index in [-0.39, 0.29) is 17.7 Å². The summed E-state index contributed by atoms with van der Waals surface area (Å²) in [5.74, 6) is 0.687. The molecule has 2 amide bonds. The molecule has 0 spiro atoms. The van der Waals surface area contributed by atoms with Gasteiger partial charge in [0.25, 0.3) is 5.91 Å². The number of likely N-dealkylation sites (tertiary alicyclic amines) is 1. The summed E-state index contributed by atoms with van der Waals surface area (Å²) in [5.41, 5.74) is 2.96. The van der Waals surface area contributed by atoms with Gasteiger partial charge in [-0.15, -0.1) is 0 Å². The predicted molar refractivity (Wildman–Crippen MR) is 127 cm³/mol. The molecule has 0 aromatic heterocycles. The molecule has 1 fully saturated rings. The fraction of sp³-hybridized carbons (Fsp3) is 0.333. The van der Waals surface area contributed by atoms with Crippen molar-refractivity contribution in [2.75, 3.05) is 26.7 Å². The first-order valence-corrected chi connectivity index (χ1v) is 11.2. The van der Waals surface area contributed by atoms with Gasteiger partial charge in [0, 0.05) is 25.2 Å². The molecule has 0 saturated carbocycles. The van der Waals surface area contributed by atoms with Gasteiger partial charge in [0.1, 0.15) is 5.75 Å². The number of fused-ring (bicyclic) bond motifs is 1. The Bertz CT molecular complexity index is 1120. The molecule has 3 aromatic carbocycles. The standard InChI is InChI=1S/C27H30N2O3/c1-19-12-13-25(32-2)21(17-19)14-15-28-26(30)22-9-6-16-29(18-22)27(31)24-11-5-8-20-7-3-4-10-23(20)24/h3-5,7-8,10-13,17,22H,6,9,14-16,18H2,1-2H3,(H,28,30). The van der Waals surface area contributed by atoms with Crippen molar-refractivity contribution >= 4 is 22.6 Å². The lowest BCUT2D eigenvalue weighted by Gasteiger charge is -2.32. The third-order valence-electron chi connectivity index (χ3n) is 6.23. The van der Waals surface area contributed by atoms with E-state index in [1.165, 1.54) is 5.56 Å². The molecule has 4 rings (SSSR count). The zero-order valence-electron chi connectivity index (χ0n) is 18.8. The van der Waals surface area contributed by atoms with Crippen LogP contribution < -0.4 is 10.1 Å². The maximum Gasteiger partial charge on any atom is 0.254 e. The Morgan fingerprint density at radius 1 is 1.09 bits per heavy atom. The summed E-state index contributed by atoms with van der Waals surface area (Å²) < 4.78 is 5.43. The minimum atomic E-state index is -0.179. The fourth-order valence-electron chi connectivity index (χ4n) is 4.53. The largest absolute Gasteiger partial charge is 0.496 e. The van der Waals surface area contributed by atoms with Crippen LogP contribution in [-0.4, -0.2) is 43.5 Å². The average molecular weight is 431 g/mol. The van der Waals surface area contributed by atoms with Crippen molar-refractivity contribution in [1.29, 1.82) is 0 Å². The molecule has 1 aliphatic rings. The summed E-state index contributed by atoms with van der Waals surface area (Å²) in [6.45, 7) is 3.74. The Hall–Kier alpha value is -3.34. The second-order valence-electron chi connectivity index (χ2n) is 8.47. The van der Waals surface area contributed by atoms with E-state index in [0.29, 0.717) is 31.6 Å². The van der Waals surface area contributed by atoms with Crippen LogP contribution in [0.2, 0.25) is 0 Å². The van der Waals surface area contributed by atoms with Crippen molar-refractivity contribution in [2.24, 2.45) is 5.92 Å². The lowest BCUT2D eigenvalue weighted by molar-refractivity contribution is -0.126. The van der Waals surface area contributed by atoms with E-state index in [1.807, 2.05) is 66.4 Å². The molecule has 5 heteroatoms. The van der Waals surface area contributed by atoms with E-state index < -0.39 is 0 Å². The van der Waals surface area contributed by atoms with Crippen LogP contribution >= 0.6 is 0 Å². The van der Waals surface area contributed by atoms with Crippen LogP contribution in [0.5, 0.6) is 5.75 Å². The molecule has 1 saturated heterocycles. The van der Waals surface area contributed by atoms with E-state index in [4.69, 9.17) is 4.74 Å². The van der Waals surface area contributed by atoms with Gasteiger partial charge >= 0.3 is 0 Å². The Kier molecular flexibility index (Phi) is 6.74. The van der Waals surface area contributed by atoms with E-state index in [1.54, 1.807) is 7.11 Å². The first-order valence-electron chi connectivity index (χ1n) is 11.2. The lowest BCUT2D eigenvalue weighted by atomic mass is 9.95. The van der Waals surface area contributed by atoms with Crippen LogP contribution in [0.3, 0.4) is 0 Å². The maximum absolute atomic E-state index is 13.3. The van der Waals surface area contributed by atoms with Crippen LogP contribution in [-0.2, 0) is 11.2 Å². The first kappa shape index (κ1) is 21.9. The predicted octanol–water partition coefficient (Wildman–Crippen LogP) is 4.37. The van der Waals surface area contributed by atoms with Gasteiger partial charge in [0.15, 0.2) is 0 Å². The van der Waals surface area contributed by atoms with Crippen molar-refractivity contribution < 1.29 is 14.3 Å². The topological polar surface area (TPSA) is 58.6 Å². The van der Waals surface area contributed by atoms with Gasteiger partial charge < -0.3 is 15.0 Å². The number of nitrogens with zero attached hydrogens (tertiary/aromatic N) is 1. The Morgan fingerprint density at radius 3 is 2.75 bits per heavy atom. The van der Waals surface area contributed by atoms with Crippen molar-refractivity contribution in [3.05, 3.63) is 77.4 Å². The molecule has 1 heterocycles. The third-order valence-corrected chi connectivity index (χ3v) is 6.23. The number of benzene rings is 3. The van der Waals surface area contributed by atoms with Gasteiger partial charge in [0.2, 0.25) is 5.91 Å².